The Morgan fingerprint density at radius 3 is 2.87 bits per heavy atom. The van der Waals surface area contributed by atoms with E-state index in [0.29, 0.717) is 6.04 Å². The fraction of sp³-hybridized carbons (Fsp3) is 0.909. The molecular formula is C11H20N2O2. The lowest BCUT2D eigenvalue weighted by molar-refractivity contribution is -0.143. The summed E-state index contributed by atoms with van der Waals surface area (Å²) in [4.78, 5) is 14.0. The van der Waals surface area contributed by atoms with Gasteiger partial charge in [-0.25, -0.2) is 0 Å². The molecule has 0 radical (unpaired) electrons. The maximum atomic E-state index is 12.0. The van der Waals surface area contributed by atoms with Crippen molar-refractivity contribution in [2.75, 3.05) is 13.1 Å². The first-order chi connectivity index (χ1) is 7.22. The van der Waals surface area contributed by atoms with Crippen molar-refractivity contribution in [2.24, 2.45) is 0 Å². The van der Waals surface area contributed by atoms with Crippen LogP contribution in [0.25, 0.3) is 0 Å². The highest BCUT2D eigenvalue weighted by atomic mass is 16.3. The molecule has 0 bridgehead atoms. The van der Waals surface area contributed by atoms with E-state index in [1.807, 2.05) is 11.8 Å². The maximum absolute atomic E-state index is 12.0. The van der Waals surface area contributed by atoms with Gasteiger partial charge in [-0.05, 0) is 32.2 Å². The van der Waals surface area contributed by atoms with Crippen LogP contribution in [0.2, 0.25) is 0 Å². The summed E-state index contributed by atoms with van der Waals surface area (Å²) >= 11 is 0. The molecule has 1 amide bonds. The monoisotopic (exact) mass is 212 g/mol. The van der Waals surface area contributed by atoms with Gasteiger partial charge in [0.1, 0.15) is 0 Å². The number of carbonyl (C=O) groups is 1. The molecule has 4 nitrogen and oxygen atoms in total. The summed E-state index contributed by atoms with van der Waals surface area (Å²) in [5.74, 6) is 0.236. The SMILES string of the molecule is CCNC1CCCN(C2CC(O)C2)C1=O. The lowest BCUT2D eigenvalue weighted by atomic mass is 9.86. The predicted molar refractivity (Wildman–Crippen MR) is 57.4 cm³/mol. The summed E-state index contributed by atoms with van der Waals surface area (Å²) in [6.07, 6.45) is 3.39. The first kappa shape index (κ1) is 10.9. The van der Waals surface area contributed by atoms with Crippen LogP contribution in [0, 0.1) is 0 Å². The van der Waals surface area contributed by atoms with Crippen molar-refractivity contribution in [3.8, 4) is 0 Å². The molecule has 15 heavy (non-hydrogen) atoms. The largest absolute Gasteiger partial charge is 0.393 e. The number of likely N-dealkylation sites (N-methyl/N-ethyl adjacent to an activating group) is 1. The fourth-order valence-corrected chi connectivity index (χ4v) is 2.51. The maximum Gasteiger partial charge on any atom is 0.239 e. The van der Waals surface area contributed by atoms with Gasteiger partial charge in [0.25, 0.3) is 0 Å². The number of aliphatic hydroxyl groups excluding tert-OH is 1. The van der Waals surface area contributed by atoms with Gasteiger partial charge in [-0.1, -0.05) is 6.92 Å². The second-order valence-electron chi connectivity index (χ2n) is 4.56. The van der Waals surface area contributed by atoms with Crippen molar-refractivity contribution in [1.29, 1.82) is 0 Å². The molecule has 1 saturated heterocycles. The van der Waals surface area contributed by atoms with Crippen LogP contribution >= 0.6 is 0 Å². The summed E-state index contributed by atoms with van der Waals surface area (Å²) in [6.45, 7) is 3.75. The Hall–Kier alpha value is -0.610. The normalized spacial score (nSPS) is 36.5. The minimum atomic E-state index is -0.178. The highest BCUT2D eigenvalue weighted by Crippen LogP contribution is 2.28. The molecule has 0 aromatic carbocycles. The van der Waals surface area contributed by atoms with Crippen molar-refractivity contribution in [3.05, 3.63) is 0 Å². The molecule has 1 unspecified atom stereocenters. The van der Waals surface area contributed by atoms with Gasteiger partial charge in [-0.15, -0.1) is 0 Å². The van der Waals surface area contributed by atoms with Gasteiger partial charge < -0.3 is 15.3 Å². The average molecular weight is 212 g/mol. The zero-order valence-corrected chi connectivity index (χ0v) is 9.28. The number of hydrogen-bond donors (Lipinski definition) is 2. The van der Waals surface area contributed by atoms with Crippen LogP contribution in [0.5, 0.6) is 0 Å². The van der Waals surface area contributed by atoms with Gasteiger partial charge in [0.2, 0.25) is 5.91 Å². The van der Waals surface area contributed by atoms with E-state index in [4.69, 9.17) is 0 Å². The van der Waals surface area contributed by atoms with E-state index >= 15 is 0 Å². The second-order valence-corrected chi connectivity index (χ2v) is 4.56. The highest BCUT2D eigenvalue weighted by molar-refractivity contribution is 5.83. The molecule has 0 aromatic rings. The lowest BCUT2D eigenvalue weighted by Crippen LogP contribution is -2.58. The van der Waals surface area contributed by atoms with Crippen LogP contribution in [0.4, 0.5) is 0 Å². The molecule has 1 aliphatic heterocycles. The third-order valence-electron chi connectivity index (χ3n) is 3.45. The zero-order chi connectivity index (χ0) is 10.8. The molecule has 1 saturated carbocycles. The van der Waals surface area contributed by atoms with Gasteiger partial charge >= 0.3 is 0 Å². The van der Waals surface area contributed by atoms with Gasteiger partial charge in [0.15, 0.2) is 0 Å². The van der Waals surface area contributed by atoms with E-state index in [1.165, 1.54) is 0 Å². The first-order valence-corrected chi connectivity index (χ1v) is 5.94. The highest BCUT2D eigenvalue weighted by Gasteiger charge is 2.38. The number of carbonyl (C=O) groups excluding carboxylic acids is 1. The standard InChI is InChI=1S/C11H20N2O2/c1-2-12-10-4-3-5-13(11(10)15)8-6-9(14)7-8/h8-10,12,14H,2-7H2,1H3. The molecular weight excluding hydrogens is 192 g/mol. The number of hydrogen-bond acceptors (Lipinski definition) is 3. The summed E-state index contributed by atoms with van der Waals surface area (Å²) < 4.78 is 0. The molecule has 1 heterocycles. The number of aliphatic hydroxyl groups is 1. The molecule has 4 heteroatoms. The third-order valence-corrected chi connectivity index (χ3v) is 3.45. The van der Waals surface area contributed by atoms with Gasteiger partial charge in [-0.3, -0.25) is 4.79 Å². The van der Waals surface area contributed by atoms with Gasteiger partial charge in [0, 0.05) is 12.6 Å². The Morgan fingerprint density at radius 2 is 2.27 bits per heavy atom. The number of nitrogens with zero attached hydrogens (tertiary/aromatic N) is 1. The number of rotatable bonds is 3. The molecule has 1 aliphatic carbocycles. The summed E-state index contributed by atoms with van der Waals surface area (Å²) in [5, 5.41) is 12.5. The van der Waals surface area contributed by atoms with Crippen molar-refractivity contribution in [3.63, 3.8) is 0 Å². The van der Waals surface area contributed by atoms with E-state index in [1.54, 1.807) is 0 Å². The molecule has 2 aliphatic rings. The number of piperidine rings is 1. The molecule has 0 aromatic heterocycles. The van der Waals surface area contributed by atoms with Crippen molar-refractivity contribution in [1.82, 2.24) is 10.2 Å². The van der Waals surface area contributed by atoms with Crippen molar-refractivity contribution in [2.45, 2.75) is 50.8 Å². The number of amides is 1. The Balaban J connectivity index is 1.91. The van der Waals surface area contributed by atoms with Crippen LogP contribution in [0.1, 0.15) is 32.6 Å². The van der Waals surface area contributed by atoms with Crippen LogP contribution in [-0.2, 0) is 4.79 Å². The quantitative estimate of drug-likeness (QED) is 0.698. The van der Waals surface area contributed by atoms with Crippen LogP contribution in [-0.4, -0.2) is 47.2 Å². The van der Waals surface area contributed by atoms with E-state index in [9.17, 15) is 9.90 Å². The van der Waals surface area contributed by atoms with Gasteiger partial charge in [0.05, 0.1) is 12.1 Å². The Morgan fingerprint density at radius 1 is 1.53 bits per heavy atom. The molecule has 1 atom stereocenters. The fourth-order valence-electron chi connectivity index (χ4n) is 2.51. The van der Waals surface area contributed by atoms with E-state index in [-0.39, 0.29) is 18.1 Å². The van der Waals surface area contributed by atoms with Crippen LogP contribution in [0.15, 0.2) is 0 Å². The third kappa shape index (κ3) is 2.16. The van der Waals surface area contributed by atoms with E-state index < -0.39 is 0 Å². The minimum absolute atomic E-state index is 0.0153. The van der Waals surface area contributed by atoms with Crippen LogP contribution in [0.3, 0.4) is 0 Å². The number of nitrogens with one attached hydrogen (secondary N) is 1. The first-order valence-electron chi connectivity index (χ1n) is 5.94. The molecule has 2 rings (SSSR count). The Kier molecular flexibility index (Phi) is 3.26. The zero-order valence-electron chi connectivity index (χ0n) is 9.28. The molecule has 2 N–H and O–H groups in total. The van der Waals surface area contributed by atoms with Crippen molar-refractivity contribution < 1.29 is 9.90 Å². The smallest absolute Gasteiger partial charge is 0.239 e. The number of likely N-dealkylation sites (tertiary alicyclic amines) is 1. The molecule has 86 valence electrons. The van der Waals surface area contributed by atoms with Crippen molar-refractivity contribution >= 4 is 5.91 Å². The topological polar surface area (TPSA) is 52.6 Å². The second kappa shape index (κ2) is 4.49. The summed E-state index contributed by atoms with van der Waals surface area (Å²) in [5.41, 5.74) is 0. The molecule has 0 spiro atoms. The predicted octanol–water partition coefficient (Wildman–Crippen LogP) is 0.110. The Bertz CT molecular complexity index is 237. The average Bonchev–Trinajstić information content (AvgIpc) is 2.17. The van der Waals surface area contributed by atoms with Gasteiger partial charge in [-0.2, -0.15) is 0 Å². The van der Waals surface area contributed by atoms with Crippen LogP contribution < -0.4 is 5.32 Å². The van der Waals surface area contributed by atoms with E-state index in [2.05, 4.69) is 5.32 Å². The Labute approximate surface area is 90.6 Å². The summed E-state index contributed by atoms with van der Waals surface area (Å²) in [6, 6.07) is 0.315. The minimum Gasteiger partial charge on any atom is -0.393 e. The summed E-state index contributed by atoms with van der Waals surface area (Å²) in [7, 11) is 0. The lowest BCUT2D eigenvalue weighted by Gasteiger charge is -2.44. The van der Waals surface area contributed by atoms with E-state index in [0.717, 1.165) is 38.8 Å². The molecule has 2 fully saturated rings.